The maximum Gasteiger partial charge on any atom is 0.333 e. The first-order valence-corrected chi connectivity index (χ1v) is 23.0. The fourth-order valence-electron chi connectivity index (χ4n) is 11.9. The largest absolute Gasteiger partial charge is 0.456 e. The number of furan rings is 1. The van der Waals surface area contributed by atoms with Gasteiger partial charge in [0, 0.05) is 39.1 Å². The van der Waals surface area contributed by atoms with Gasteiger partial charge < -0.3 is 14.1 Å². The molecule has 1 aromatic heterocycles. The molecule has 310 valence electrons. The minimum Gasteiger partial charge on any atom is -0.456 e. The molecule has 0 fully saturated rings. The van der Waals surface area contributed by atoms with Gasteiger partial charge in [0.2, 0.25) is 0 Å². The number of hydrogen-bond acceptors (Lipinski definition) is 3. The van der Waals surface area contributed by atoms with E-state index < -0.39 is 5.41 Å². The number of anilines is 5. The lowest BCUT2D eigenvalue weighted by Gasteiger charge is -2.52. The van der Waals surface area contributed by atoms with E-state index in [0.717, 1.165) is 27.6 Å². The molecule has 4 heteroatoms. The molecule has 3 aliphatic rings. The molecule has 65 heavy (non-hydrogen) atoms. The summed E-state index contributed by atoms with van der Waals surface area (Å²) in [5.41, 5.74) is 23.6. The Morgan fingerprint density at radius 3 is 1.88 bits per heavy atom. The second-order valence-corrected chi connectivity index (χ2v) is 19.3. The predicted molar refractivity (Wildman–Crippen MR) is 273 cm³/mol. The van der Waals surface area contributed by atoms with Crippen LogP contribution in [-0.2, 0) is 10.8 Å². The standard InChI is InChI=1S/C61H47BN2O/c1-38-18-16-19-39(2)57(38)40-34-48-46-37-56-47(45-24-12-15-29-55(45)65-56)36-53(46)64(44-32-30-41(31-33-44)60(3,4)5)62-51-27-17-26-50-59(51)63(54(35-40)58(48)62)52-28-14-13-25-49(52)61(50,42-20-8-6-9-21-42)43-22-10-7-11-23-43/h6-37H,1-5H3. The Kier molecular flexibility index (Phi) is 8.01. The molecule has 10 aromatic rings. The summed E-state index contributed by atoms with van der Waals surface area (Å²) in [5, 5.41) is 2.25. The van der Waals surface area contributed by atoms with Crippen molar-refractivity contribution in [3.8, 4) is 22.3 Å². The fraction of sp³-hybridized carbons (Fsp3) is 0.115. The van der Waals surface area contributed by atoms with Crippen LogP contribution in [0.25, 0.3) is 44.2 Å². The van der Waals surface area contributed by atoms with Crippen LogP contribution in [0.15, 0.2) is 199 Å². The van der Waals surface area contributed by atoms with Gasteiger partial charge in [0.15, 0.2) is 0 Å². The molecule has 0 N–H and O–H groups in total. The van der Waals surface area contributed by atoms with Crippen LogP contribution in [0, 0.1) is 13.8 Å². The summed E-state index contributed by atoms with van der Waals surface area (Å²) in [7, 11) is 0. The van der Waals surface area contributed by atoms with Crippen LogP contribution in [0.4, 0.5) is 28.4 Å². The highest BCUT2D eigenvalue weighted by Gasteiger charge is 2.53. The van der Waals surface area contributed by atoms with Gasteiger partial charge in [-0.25, -0.2) is 0 Å². The predicted octanol–water partition coefficient (Wildman–Crippen LogP) is 14.6. The number of nitrogens with zero attached hydrogens (tertiary/aromatic N) is 2. The number of benzene rings is 9. The maximum atomic E-state index is 6.73. The second-order valence-electron chi connectivity index (χ2n) is 19.3. The molecule has 0 radical (unpaired) electrons. The van der Waals surface area contributed by atoms with Crippen LogP contribution in [0.1, 0.15) is 59.7 Å². The molecule has 0 saturated heterocycles. The third-order valence-electron chi connectivity index (χ3n) is 14.7. The Labute approximate surface area is 381 Å². The van der Waals surface area contributed by atoms with E-state index in [1.807, 2.05) is 0 Å². The van der Waals surface area contributed by atoms with E-state index in [1.165, 1.54) is 94.9 Å². The zero-order valence-corrected chi connectivity index (χ0v) is 37.4. The molecule has 9 aromatic carbocycles. The van der Waals surface area contributed by atoms with E-state index in [9.17, 15) is 0 Å². The minimum atomic E-state index is -0.598. The van der Waals surface area contributed by atoms with Gasteiger partial charge in [0.1, 0.15) is 11.2 Å². The zero-order valence-electron chi connectivity index (χ0n) is 37.4. The van der Waals surface area contributed by atoms with Gasteiger partial charge >= 0.3 is 6.85 Å². The van der Waals surface area contributed by atoms with Gasteiger partial charge in [-0.15, -0.1) is 0 Å². The van der Waals surface area contributed by atoms with Crippen molar-refractivity contribution in [1.82, 2.24) is 0 Å². The third-order valence-corrected chi connectivity index (χ3v) is 14.7. The Morgan fingerprint density at radius 1 is 0.508 bits per heavy atom. The Bertz CT molecular complexity index is 3500. The monoisotopic (exact) mass is 834 g/mol. The molecule has 0 amide bonds. The Morgan fingerprint density at radius 2 is 1.15 bits per heavy atom. The van der Waals surface area contributed by atoms with Crippen LogP contribution in [0.3, 0.4) is 0 Å². The van der Waals surface area contributed by atoms with E-state index in [1.54, 1.807) is 0 Å². The maximum absolute atomic E-state index is 6.73. The van der Waals surface area contributed by atoms with Gasteiger partial charge in [-0.1, -0.05) is 166 Å². The summed E-state index contributed by atoms with van der Waals surface area (Å²) in [6, 6.07) is 72.9. The van der Waals surface area contributed by atoms with Crippen molar-refractivity contribution in [3.63, 3.8) is 0 Å². The SMILES string of the molecule is Cc1cccc(C)c1-c1cc2c3c(c1)N1c4ccccc4C(c4ccccc4)(c4ccccc4)c4cccc(c41)B3N(c1ccc(C(C)(C)C)cc1)c1cc3c(cc1-2)oc1ccccc13. The average Bonchev–Trinajstić information content (AvgIpc) is 3.70. The highest BCUT2D eigenvalue weighted by molar-refractivity contribution is 6.93. The summed E-state index contributed by atoms with van der Waals surface area (Å²) in [6.45, 7) is 11.2. The first-order valence-electron chi connectivity index (χ1n) is 23.0. The zero-order chi connectivity index (χ0) is 43.8. The molecule has 3 nitrogen and oxygen atoms in total. The van der Waals surface area contributed by atoms with Crippen molar-refractivity contribution in [3.05, 3.63) is 233 Å². The van der Waals surface area contributed by atoms with E-state index >= 15 is 0 Å². The van der Waals surface area contributed by atoms with Gasteiger partial charge in [-0.05, 0) is 134 Å². The topological polar surface area (TPSA) is 19.6 Å². The molecular formula is C61H47BN2O. The highest BCUT2D eigenvalue weighted by atomic mass is 16.3. The van der Waals surface area contributed by atoms with Crippen molar-refractivity contribution < 1.29 is 4.42 Å². The molecule has 0 aliphatic carbocycles. The molecule has 0 unspecified atom stereocenters. The Hall–Kier alpha value is -7.56. The number of hydrogen-bond donors (Lipinski definition) is 0. The van der Waals surface area contributed by atoms with Crippen molar-refractivity contribution in [2.24, 2.45) is 0 Å². The number of para-hydroxylation sites is 3. The van der Waals surface area contributed by atoms with Crippen molar-refractivity contribution >= 4 is 68.1 Å². The lowest BCUT2D eigenvalue weighted by atomic mass is 9.42. The summed E-state index contributed by atoms with van der Waals surface area (Å²) in [6.07, 6.45) is 0. The summed E-state index contributed by atoms with van der Waals surface area (Å²) >= 11 is 0. The minimum absolute atomic E-state index is 0.0134. The van der Waals surface area contributed by atoms with E-state index in [0.29, 0.717) is 0 Å². The third kappa shape index (κ3) is 5.25. The van der Waals surface area contributed by atoms with Crippen molar-refractivity contribution in [2.75, 3.05) is 9.71 Å². The molecule has 0 atom stereocenters. The Balaban J connectivity index is 1.21. The van der Waals surface area contributed by atoms with Gasteiger partial charge in [0.05, 0.1) is 11.1 Å². The second kappa shape index (κ2) is 13.7. The smallest absolute Gasteiger partial charge is 0.333 e. The molecule has 4 heterocycles. The average molecular weight is 835 g/mol. The van der Waals surface area contributed by atoms with Crippen LogP contribution in [-0.4, -0.2) is 6.85 Å². The van der Waals surface area contributed by atoms with Crippen LogP contribution in [0.2, 0.25) is 0 Å². The van der Waals surface area contributed by atoms with Crippen LogP contribution in [0.5, 0.6) is 0 Å². The molecular weight excluding hydrogens is 787 g/mol. The first kappa shape index (κ1) is 38.0. The molecule has 0 bridgehead atoms. The molecule has 0 spiro atoms. The summed E-state index contributed by atoms with van der Waals surface area (Å²) < 4.78 is 6.73. The first-order chi connectivity index (χ1) is 31.7. The number of rotatable bonds is 4. The van der Waals surface area contributed by atoms with E-state index in [2.05, 4.69) is 238 Å². The lowest BCUT2D eigenvalue weighted by Crippen LogP contribution is -2.62. The van der Waals surface area contributed by atoms with Gasteiger partial charge in [-0.2, -0.15) is 0 Å². The number of fused-ring (bicyclic) bond motifs is 9. The highest BCUT2D eigenvalue weighted by Crippen LogP contribution is 2.60. The van der Waals surface area contributed by atoms with Crippen molar-refractivity contribution in [1.29, 1.82) is 0 Å². The number of aryl methyl sites for hydroxylation is 2. The quantitative estimate of drug-likeness (QED) is 0.165. The fourth-order valence-corrected chi connectivity index (χ4v) is 11.9. The summed E-state index contributed by atoms with van der Waals surface area (Å²) in [5.74, 6) is 0. The van der Waals surface area contributed by atoms with Gasteiger partial charge in [-0.3, -0.25) is 0 Å². The molecule has 13 rings (SSSR count). The lowest BCUT2D eigenvalue weighted by molar-refractivity contribution is 0.590. The van der Waals surface area contributed by atoms with Crippen molar-refractivity contribution in [2.45, 2.75) is 45.4 Å². The molecule has 3 aliphatic heterocycles. The van der Waals surface area contributed by atoms with E-state index in [4.69, 9.17) is 4.42 Å². The molecule has 0 saturated carbocycles. The normalized spacial score (nSPS) is 14.3. The van der Waals surface area contributed by atoms with Crippen LogP contribution < -0.4 is 20.6 Å². The van der Waals surface area contributed by atoms with Gasteiger partial charge in [0.25, 0.3) is 0 Å². The van der Waals surface area contributed by atoms with Crippen LogP contribution >= 0.6 is 0 Å². The summed E-state index contributed by atoms with van der Waals surface area (Å²) in [4.78, 5) is 5.27. The van der Waals surface area contributed by atoms with E-state index in [-0.39, 0.29) is 12.3 Å².